The van der Waals surface area contributed by atoms with Crippen LogP contribution in [0.3, 0.4) is 0 Å². The highest BCUT2D eigenvalue weighted by molar-refractivity contribution is 8.00. The van der Waals surface area contributed by atoms with Crippen molar-refractivity contribution in [1.29, 1.82) is 0 Å². The Morgan fingerprint density at radius 1 is 1.25 bits per heavy atom. The minimum atomic E-state index is 0.168. The summed E-state index contributed by atoms with van der Waals surface area (Å²) in [7, 11) is 1.64. The molecule has 0 unspecified atom stereocenters. The highest BCUT2D eigenvalue weighted by Gasteiger charge is 2.21. The number of carbonyl (C=O) groups excluding carboxylic acids is 1. The van der Waals surface area contributed by atoms with E-state index in [1.54, 1.807) is 37.5 Å². The van der Waals surface area contributed by atoms with Gasteiger partial charge in [0.1, 0.15) is 11.6 Å². The topological polar surface area (TPSA) is 58.6 Å². The van der Waals surface area contributed by atoms with Gasteiger partial charge in [0.05, 0.1) is 19.1 Å². The van der Waals surface area contributed by atoms with Gasteiger partial charge in [0.2, 0.25) is 5.91 Å². The number of hydrogen-bond donors (Lipinski definition) is 0. The Morgan fingerprint density at radius 2 is 2.08 bits per heavy atom. The lowest BCUT2D eigenvalue weighted by Gasteiger charge is -2.35. The van der Waals surface area contributed by atoms with Crippen LogP contribution in [0.25, 0.3) is 0 Å². The number of hydrogen-bond acceptors (Lipinski definition) is 6. The number of benzene rings is 1. The third-order valence-corrected chi connectivity index (χ3v) is 4.89. The minimum Gasteiger partial charge on any atom is -0.497 e. The molecule has 1 aliphatic rings. The molecule has 6 nitrogen and oxygen atoms in total. The summed E-state index contributed by atoms with van der Waals surface area (Å²) in [5.74, 6) is 2.29. The second kappa shape index (κ2) is 8.01. The Hall–Kier alpha value is -2.28. The molecule has 0 saturated carbocycles. The van der Waals surface area contributed by atoms with Crippen LogP contribution in [0.4, 0.5) is 5.82 Å². The number of piperazine rings is 1. The van der Waals surface area contributed by atoms with Crippen LogP contribution in [-0.4, -0.2) is 59.8 Å². The number of rotatable bonds is 5. The SMILES string of the molecule is COc1cccc(SCC(=O)N2CCN(c3cnccn3)CC2)c1. The molecule has 126 valence electrons. The summed E-state index contributed by atoms with van der Waals surface area (Å²) in [5.41, 5.74) is 0. The van der Waals surface area contributed by atoms with Crippen LogP contribution >= 0.6 is 11.8 Å². The number of ether oxygens (including phenoxy) is 1. The Kier molecular flexibility index (Phi) is 5.53. The molecule has 24 heavy (non-hydrogen) atoms. The first-order valence-corrected chi connectivity index (χ1v) is 8.80. The standard InChI is InChI=1S/C17H20N4O2S/c1-23-14-3-2-4-15(11-14)24-13-17(22)21-9-7-20(8-10-21)16-12-18-5-6-19-16/h2-6,11-12H,7-10,13H2,1H3. The highest BCUT2D eigenvalue weighted by Crippen LogP contribution is 2.23. The lowest BCUT2D eigenvalue weighted by molar-refractivity contribution is -0.128. The average molecular weight is 344 g/mol. The maximum absolute atomic E-state index is 12.4. The molecule has 1 fully saturated rings. The van der Waals surface area contributed by atoms with Gasteiger partial charge < -0.3 is 14.5 Å². The van der Waals surface area contributed by atoms with Gasteiger partial charge in [-0.1, -0.05) is 6.07 Å². The van der Waals surface area contributed by atoms with Crippen LogP contribution in [0.2, 0.25) is 0 Å². The number of amides is 1. The number of aromatic nitrogens is 2. The molecule has 1 aliphatic heterocycles. The number of methoxy groups -OCH3 is 1. The van der Waals surface area contributed by atoms with Gasteiger partial charge >= 0.3 is 0 Å². The van der Waals surface area contributed by atoms with Gasteiger partial charge in [0.25, 0.3) is 0 Å². The van der Waals surface area contributed by atoms with Crippen molar-refractivity contribution in [2.24, 2.45) is 0 Å². The molecule has 2 heterocycles. The molecule has 0 bridgehead atoms. The van der Waals surface area contributed by atoms with Gasteiger partial charge in [0.15, 0.2) is 0 Å². The Labute approximate surface area is 145 Å². The molecule has 0 aliphatic carbocycles. The normalized spacial score (nSPS) is 14.5. The van der Waals surface area contributed by atoms with Crippen molar-refractivity contribution in [2.75, 3.05) is 43.9 Å². The summed E-state index contributed by atoms with van der Waals surface area (Å²) < 4.78 is 5.21. The van der Waals surface area contributed by atoms with Gasteiger partial charge in [-0.2, -0.15) is 0 Å². The highest BCUT2D eigenvalue weighted by atomic mass is 32.2. The van der Waals surface area contributed by atoms with E-state index in [0.717, 1.165) is 29.6 Å². The maximum atomic E-state index is 12.4. The van der Waals surface area contributed by atoms with Crippen LogP contribution in [0.5, 0.6) is 5.75 Å². The fourth-order valence-corrected chi connectivity index (χ4v) is 3.41. The summed E-state index contributed by atoms with van der Waals surface area (Å²) in [6.07, 6.45) is 5.12. The van der Waals surface area contributed by atoms with Crippen LogP contribution < -0.4 is 9.64 Å². The first-order chi connectivity index (χ1) is 11.8. The molecular weight excluding hydrogens is 324 g/mol. The molecule has 0 N–H and O–H groups in total. The summed E-state index contributed by atoms with van der Waals surface area (Å²) >= 11 is 1.54. The zero-order valence-corrected chi connectivity index (χ0v) is 14.4. The van der Waals surface area contributed by atoms with Crippen molar-refractivity contribution in [1.82, 2.24) is 14.9 Å². The fraction of sp³-hybridized carbons (Fsp3) is 0.353. The Morgan fingerprint density at radius 3 is 2.79 bits per heavy atom. The van der Waals surface area contributed by atoms with Gasteiger partial charge in [-0.15, -0.1) is 11.8 Å². The van der Waals surface area contributed by atoms with Crippen molar-refractivity contribution >= 4 is 23.5 Å². The summed E-state index contributed by atoms with van der Waals surface area (Å²) in [6, 6.07) is 7.78. The molecule has 7 heteroatoms. The van der Waals surface area contributed by atoms with Gasteiger partial charge in [-0.25, -0.2) is 4.98 Å². The zero-order chi connectivity index (χ0) is 16.8. The van der Waals surface area contributed by atoms with E-state index in [4.69, 9.17) is 4.74 Å². The van der Waals surface area contributed by atoms with Crippen molar-refractivity contribution in [3.8, 4) is 5.75 Å². The van der Waals surface area contributed by atoms with Crippen molar-refractivity contribution in [3.05, 3.63) is 42.9 Å². The minimum absolute atomic E-state index is 0.168. The lowest BCUT2D eigenvalue weighted by Crippen LogP contribution is -2.49. The van der Waals surface area contributed by atoms with Crippen molar-refractivity contribution in [2.45, 2.75) is 4.90 Å². The van der Waals surface area contributed by atoms with Gasteiger partial charge in [-0.3, -0.25) is 9.78 Å². The van der Waals surface area contributed by atoms with E-state index in [1.807, 2.05) is 29.2 Å². The number of anilines is 1. The molecule has 0 spiro atoms. The molecule has 1 aromatic heterocycles. The second-order valence-electron chi connectivity index (χ2n) is 5.40. The van der Waals surface area contributed by atoms with Crippen molar-refractivity contribution in [3.63, 3.8) is 0 Å². The Balaban J connectivity index is 1.48. The largest absolute Gasteiger partial charge is 0.497 e. The lowest BCUT2D eigenvalue weighted by atomic mass is 10.3. The zero-order valence-electron chi connectivity index (χ0n) is 13.6. The molecule has 0 radical (unpaired) electrons. The van der Waals surface area contributed by atoms with E-state index in [-0.39, 0.29) is 5.91 Å². The maximum Gasteiger partial charge on any atom is 0.233 e. The van der Waals surface area contributed by atoms with E-state index in [0.29, 0.717) is 18.8 Å². The smallest absolute Gasteiger partial charge is 0.233 e. The van der Waals surface area contributed by atoms with E-state index < -0.39 is 0 Å². The molecule has 1 saturated heterocycles. The van der Waals surface area contributed by atoms with Gasteiger partial charge in [0, 0.05) is 43.5 Å². The van der Waals surface area contributed by atoms with Gasteiger partial charge in [-0.05, 0) is 18.2 Å². The molecule has 1 aromatic carbocycles. The third kappa shape index (κ3) is 4.17. The quantitative estimate of drug-likeness (QED) is 0.773. The van der Waals surface area contributed by atoms with Crippen LogP contribution in [0, 0.1) is 0 Å². The second-order valence-corrected chi connectivity index (χ2v) is 6.45. The van der Waals surface area contributed by atoms with Crippen LogP contribution in [-0.2, 0) is 4.79 Å². The van der Waals surface area contributed by atoms with Crippen molar-refractivity contribution < 1.29 is 9.53 Å². The number of nitrogens with zero attached hydrogens (tertiary/aromatic N) is 4. The molecule has 1 amide bonds. The fourth-order valence-electron chi connectivity index (χ4n) is 2.57. The molecule has 0 atom stereocenters. The molecular formula is C17H20N4O2S. The molecule has 3 rings (SSSR count). The van der Waals surface area contributed by atoms with E-state index in [2.05, 4.69) is 14.9 Å². The monoisotopic (exact) mass is 344 g/mol. The molecule has 2 aromatic rings. The predicted molar refractivity (Wildman–Crippen MR) is 94.5 cm³/mol. The third-order valence-electron chi connectivity index (χ3n) is 3.91. The predicted octanol–water partition coefficient (Wildman–Crippen LogP) is 1.93. The average Bonchev–Trinajstić information content (AvgIpc) is 2.67. The summed E-state index contributed by atoms with van der Waals surface area (Å²) in [6.45, 7) is 3.00. The number of carbonyl (C=O) groups is 1. The number of thioether (sulfide) groups is 1. The van der Waals surface area contributed by atoms with Crippen LogP contribution in [0.1, 0.15) is 0 Å². The summed E-state index contributed by atoms with van der Waals surface area (Å²) in [5, 5.41) is 0. The van der Waals surface area contributed by atoms with Crippen LogP contribution in [0.15, 0.2) is 47.8 Å². The van der Waals surface area contributed by atoms with E-state index in [1.165, 1.54) is 0 Å². The van der Waals surface area contributed by atoms with E-state index in [9.17, 15) is 4.79 Å². The van der Waals surface area contributed by atoms with E-state index >= 15 is 0 Å². The summed E-state index contributed by atoms with van der Waals surface area (Å²) in [4.78, 5) is 25.9. The first-order valence-electron chi connectivity index (χ1n) is 7.82. The first kappa shape index (κ1) is 16.6. The Bertz CT molecular complexity index is 675.